The number of halogens is 4. The third-order valence-corrected chi connectivity index (χ3v) is 7.39. The molecular formula is C19H18ClF3N2O3S. The van der Waals surface area contributed by atoms with Crippen LogP contribution in [0.15, 0.2) is 47.5 Å². The Labute approximate surface area is 171 Å². The average molecular weight is 447 g/mol. The second-order valence-electron chi connectivity index (χ2n) is 6.88. The second-order valence-corrected chi connectivity index (χ2v) is 9.50. The molecular weight excluding hydrogens is 429 g/mol. The number of rotatable bonds is 4. The van der Waals surface area contributed by atoms with Crippen molar-refractivity contribution in [3.8, 4) is 0 Å². The lowest BCUT2D eigenvalue weighted by molar-refractivity contribution is -0.137. The van der Waals surface area contributed by atoms with E-state index in [1.54, 1.807) is 0 Å². The number of aromatic nitrogens is 1. The molecule has 0 bridgehead atoms. The van der Waals surface area contributed by atoms with Crippen LogP contribution in [0.5, 0.6) is 0 Å². The first-order valence-corrected chi connectivity index (χ1v) is 10.8. The van der Waals surface area contributed by atoms with Crippen LogP contribution in [-0.4, -0.2) is 30.6 Å². The van der Waals surface area contributed by atoms with Crippen LogP contribution in [0.1, 0.15) is 41.6 Å². The molecule has 156 valence electrons. The number of benzene rings is 1. The minimum absolute atomic E-state index is 0.188. The van der Waals surface area contributed by atoms with E-state index in [9.17, 15) is 26.4 Å². The molecule has 5 nitrogen and oxygen atoms in total. The number of nitrogens with zero attached hydrogens (tertiary/aromatic N) is 1. The highest BCUT2D eigenvalue weighted by Crippen LogP contribution is 2.33. The molecule has 1 N–H and O–H groups in total. The standard InChI is InChI=1S/C19H18ClF3N2O3S/c20-17-10-12(8-9-24-17)18(26)25-14-4-6-15(7-5-14)29(27,28)16-3-1-2-13(11-16)19(21,22)23/h1-3,8-11,14-15H,4-7H2,(H,25,26)/t14-,15+. The van der Waals surface area contributed by atoms with Crippen molar-refractivity contribution >= 4 is 27.3 Å². The minimum Gasteiger partial charge on any atom is -0.349 e. The molecule has 0 atom stereocenters. The zero-order chi connectivity index (χ0) is 21.2. The molecule has 1 aliphatic carbocycles. The number of pyridine rings is 1. The Balaban J connectivity index is 1.65. The average Bonchev–Trinajstić information content (AvgIpc) is 2.68. The van der Waals surface area contributed by atoms with Gasteiger partial charge in [-0.25, -0.2) is 13.4 Å². The number of amides is 1. The summed E-state index contributed by atoms with van der Waals surface area (Å²) in [4.78, 5) is 15.8. The summed E-state index contributed by atoms with van der Waals surface area (Å²) < 4.78 is 64.2. The fourth-order valence-corrected chi connectivity index (χ4v) is 5.38. The summed E-state index contributed by atoms with van der Waals surface area (Å²) in [5.74, 6) is -0.335. The Bertz CT molecular complexity index is 1000. The Morgan fingerprint density at radius 3 is 2.41 bits per heavy atom. The van der Waals surface area contributed by atoms with Gasteiger partial charge in [-0.1, -0.05) is 17.7 Å². The number of sulfone groups is 1. The molecule has 1 aromatic heterocycles. The van der Waals surface area contributed by atoms with Gasteiger partial charge in [0, 0.05) is 17.8 Å². The molecule has 0 aliphatic heterocycles. The van der Waals surface area contributed by atoms with Crippen LogP contribution in [-0.2, 0) is 16.0 Å². The highest BCUT2D eigenvalue weighted by atomic mass is 35.5. The van der Waals surface area contributed by atoms with E-state index in [2.05, 4.69) is 10.3 Å². The van der Waals surface area contributed by atoms with E-state index in [4.69, 9.17) is 11.6 Å². The van der Waals surface area contributed by atoms with Gasteiger partial charge in [0.05, 0.1) is 15.7 Å². The van der Waals surface area contributed by atoms with Crippen LogP contribution >= 0.6 is 11.6 Å². The molecule has 10 heteroatoms. The van der Waals surface area contributed by atoms with Crippen molar-refractivity contribution in [3.63, 3.8) is 0 Å². The van der Waals surface area contributed by atoms with Crippen molar-refractivity contribution in [1.82, 2.24) is 10.3 Å². The van der Waals surface area contributed by atoms with E-state index in [1.165, 1.54) is 24.4 Å². The van der Waals surface area contributed by atoms with Crippen LogP contribution in [0, 0.1) is 0 Å². The molecule has 1 amide bonds. The van der Waals surface area contributed by atoms with E-state index in [1.807, 2.05) is 0 Å². The highest BCUT2D eigenvalue weighted by Gasteiger charge is 2.35. The van der Waals surface area contributed by atoms with Gasteiger partial charge in [0.15, 0.2) is 9.84 Å². The van der Waals surface area contributed by atoms with Crippen molar-refractivity contribution < 1.29 is 26.4 Å². The Hall–Kier alpha value is -2.13. The predicted octanol–water partition coefficient (Wildman–Crippen LogP) is 4.27. The van der Waals surface area contributed by atoms with Crippen LogP contribution in [0.25, 0.3) is 0 Å². The lowest BCUT2D eigenvalue weighted by Gasteiger charge is -2.29. The zero-order valence-corrected chi connectivity index (χ0v) is 16.7. The summed E-state index contributed by atoms with van der Waals surface area (Å²) in [6.07, 6.45) is -1.87. The molecule has 1 aliphatic rings. The lowest BCUT2D eigenvalue weighted by atomic mass is 9.95. The molecule has 2 aromatic rings. The van der Waals surface area contributed by atoms with Crippen molar-refractivity contribution in [2.45, 2.75) is 48.0 Å². The summed E-state index contributed by atoms with van der Waals surface area (Å²) in [6, 6.07) is 6.54. The molecule has 29 heavy (non-hydrogen) atoms. The molecule has 1 heterocycles. The van der Waals surface area contributed by atoms with Crippen molar-refractivity contribution in [2.75, 3.05) is 0 Å². The second kappa shape index (κ2) is 8.31. The summed E-state index contributed by atoms with van der Waals surface area (Å²) in [5.41, 5.74) is -0.640. The van der Waals surface area contributed by atoms with Crippen LogP contribution in [0.3, 0.4) is 0 Å². The van der Waals surface area contributed by atoms with Gasteiger partial charge in [0.1, 0.15) is 5.15 Å². The molecule has 3 rings (SSSR count). The number of carbonyl (C=O) groups is 1. The van der Waals surface area contributed by atoms with Gasteiger partial charge < -0.3 is 5.32 Å². The normalized spacial score (nSPS) is 20.3. The predicted molar refractivity (Wildman–Crippen MR) is 101 cm³/mol. The van der Waals surface area contributed by atoms with E-state index in [-0.39, 0.29) is 34.8 Å². The van der Waals surface area contributed by atoms with Gasteiger partial charge in [0.25, 0.3) is 5.91 Å². The highest BCUT2D eigenvalue weighted by molar-refractivity contribution is 7.92. The summed E-state index contributed by atoms with van der Waals surface area (Å²) >= 11 is 5.77. The fraction of sp³-hybridized carbons (Fsp3) is 0.368. The Morgan fingerprint density at radius 2 is 1.79 bits per heavy atom. The first-order valence-electron chi connectivity index (χ1n) is 8.91. The van der Waals surface area contributed by atoms with Gasteiger partial charge in [0.2, 0.25) is 0 Å². The number of hydrogen-bond acceptors (Lipinski definition) is 4. The van der Waals surface area contributed by atoms with E-state index < -0.39 is 26.8 Å². The molecule has 0 saturated heterocycles. The van der Waals surface area contributed by atoms with Gasteiger partial charge in [-0.2, -0.15) is 13.2 Å². The maximum atomic E-state index is 12.9. The van der Waals surface area contributed by atoms with E-state index in [0.717, 1.165) is 12.1 Å². The number of carbonyl (C=O) groups excluding carboxylic acids is 1. The summed E-state index contributed by atoms with van der Waals surface area (Å²) in [7, 11) is -3.89. The van der Waals surface area contributed by atoms with Gasteiger partial charge in [-0.3, -0.25) is 4.79 Å². The van der Waals surface area contributed by atoms with Gasteiger partial charge >= 0.3 is 6.18 Å². The monoisotopic (exact) mass is 446 g/mol. The van der Waals surface area contributed by atoms with Crippen molar-refractivity contribution in [2.24, 2.45) is 0 Å². The van der Waals surface area contributed by atoms with Gasteiger partial charge in [-0.05, 0) is 56.0 Å². The molecule has 0 spiro atoms. The maximum absolute atomic E-state index is 12.9. The summed E-state index contributed by atoms with van der Waals surface area (Å²) in [6.45, 7) is 0. The van der Waals surface area contributed by atoms with Crippen molar-refractivity contribution in [1.29, 1.82) is 0 Å². The van der Waals surface area contributed by atoms with Gasteiger partial charge in [-0.15, -0.1) is 0 Å². The van der Waals surface area contributed by atoms with Crippen LogP contribution in [0.2, 0.25) is 5.15 Å². The molecule has 0 unspecified atom stereocenters. The Morgan fingerprint density at radius 1 is 1.10 bits per heavy atom. The van der Waals surface area contributed by atoms with Crippen LogP contribution < -0.4 is 5.32 Å². The first kappa shape index (κ1) is 21.6. The first-order chi connectivity index (χ1) is 13.6. The molecule has 1 aromatic carbocycles. The fourth-order valence-electron chi connectivity index (χ4n) is 3.37. The topological polar surface area (TPSA) is 76.1 Å². The third-order valence-electron chi connectivity index (χ3n) is 4.93. The number of alkyl halides is 3. The maximum Gasteiger partial charge on any atom is 0.416 e. The summed E-state index contributed by atoms with van der Waals surface area (Å²) in [5, 5.41) is 2.24. The minimum atomic E-state index is -4.61. The number of nitrogens with one attached hydrogen (secondary N) is 1. The van der Waals surface area contributed by atoms with E-state index >= 15 is 0 Å². The smallest absolute Gasteiger partial charge is 0.349 e. The SMILES string of the molecule is O=C(N[C@H]1CC[C@@H](S(=O)(=O)c2cccc(C(F)(F)F)c2)CC1)c1ccnc(Cl)c1. The lowest BCUT2D eigenvalue weighted by Crippen LogP contribution is -2.40. The van der Waals surface area contributed by atoms with Crippen molar-refractivity contribution in [3.05, 3.63) is 58.9 Å². The van der Waals surface area contributed by atoms with E-state index in [0.29, 0.717) is 24.5 Å². The quantitative estimate of drug-likeness (QED) is 0.712. The molecule has 0 radical (unpaired) electrons. The Kier molecular flexibility index (Phi) is 6.19. The molecule has 1 saturated carbocycles. The van der Waals surface area contributed by atoms with Crippen LogP contribution in [0.4, 0.5) is 13.2 Å². The largest absolute Gasteiger partial charge is 0.416 e. The molecule has 1 fully saturated rings. The third kappa shape index (κ3) is 5.08. The number of hydrogen-bond donors (Lipinski definition) is 1. The zero-order valence-electron chi connectivity index (χ0n) is 15.1.